The van der Waals surface area contributed by atoms with Crippen LogP contribution in [0, 0.1) is 0 Å². The number of carbonyl (C=O) groups excluding carboxylic acids is 1. The number of hydrogen-bond donors (Lipinski definition) is 2. The molecule has 236 valence electrons. The number of nitrogens with zero attached hydrogens (tertiary/aromatic N) is 6. The Hall–Kier alpha value is -3.72. The number of hydrogen-bond acceptors (Lipinski definition) is 7. The smallest absolute Gasteiger partial charge is 0.382 e. The molecule has 0 saturated carbocycles. The van der Waals surface area contributed by atoms with Gasteiger partial charge in [-0.05, 0) is 57.2 Å². The lowest BCUT2D eigenvalue weighted by Crippen LogP contribution is -2.37. The highest BCUT2D eigenvalue weighted by atomic mass is 35.5. The molecule has 16 heteroatoms. The normalized spacial score (nSPS) is 13.6. The predicted octanol–water partition coefficient (Wildman–Crippen LogP) is 4.56. The zero-order valence-corrected chi connectivity index (χ0v) is 25.7. The van der Waals surface area contributed by atoms with E-state index in [0.29, 0.717) is 21.3 Å². The van der Waals surface area contributed by atoms with Crippen LogP contribution in [0.1, 0.15) is 45.4 Å². The van der Waals surface area contributed by atoms with Gasteiger partial charge in [0.15, 0.2) is 23.6 Å². The van der Waals surface area contributed by atoms with Crippen molar-refractivity contribution >= 4 is 29.1 Å². The van der Waals surface area contributed by atoms with E-state index in [4.69, 9.17) is 27.9 Å². The minimum absolute atomic E-state index is 0.0102. The van der Waals surface area contributed by atoms with Crippen molar-refractivity contribution in [1.29, 1.82) is 0 Å². The van der Waals surface area contributed by atoms with Crippen molar-refractivity contribution in [2.75, 3.05) is 6.61 Å². The fraction of sp³-hybridized carbons (Fsp3) is 0.393. The Balaban J connectivity index is 1.82. The van der Waals surface area contributed by atoms with Gasteiger partial charge in [-0.25, -0.2) is 19.1 Å². The molecule has 0 aliphatic carbocycles. The number of aliphatic hydroxyl groups excluding tert-OH is 1. The molecule has 44 heavy (non-hydrogen) atoms. The standard InChI is InChI=1S/C28H30Cl2F3N7O4/c1-16(41)34-20(15-44-27(2,3)4)25-35-23(36-40(25)21-8-6-5-7-19(21)30)14-39-26(43)38(13-22(42)28(31,32)33)24(37-39)17-9-11-18(29)12-10-17/h5-12,20,22,42H,13-15H2,1-4H3,(H,34,41)/t20-,22-/m0/s1. The molecule has 2 N–H and O–H groups in total. The van der Waals surface area contributed by atoms with Crippen LogP contribution in [-0.4, -0.2) is 64.6 Å². The Kier molecular flexibility index (Phi) is 9.88. The van der Waals surface area contributed by atoms with Gasteiger partial charge in [-0.15, -0.1) is 10.2 Å². The van der Waals surface area contributed by atoms with E-state index in [9.17, 15) is 27.9 Å². The highest BCUT2D eigenvalue weighted by Gasteiger charge is 2.39. The van der Waals surface area contributed by atoms with Gasteiger partial charge in [0.1, 0.15) is 12.6 Å². The average molecular weight is 656 g/mol. The minimum Gasteiger partial charge on any atom is -0.382 e. The first-order valence-electron chi connectivity index (χ1n) is 13.3. The number of halogens is 5. The second-order valence-electron chi connectivity index (χ2n) is 10.9. The van der Waals surface area contributed by atoms with Crippen LogP contribution in [0.25, 0.3) is 17.1 Å². The van der Waals surface area contributed by atoms with Gasteiger partial charge in [-0.3, -0.25) is 9.36 Å². The molecule has 0 spiro atoms. The number of nitrogens with one attached hydrogen (secondary N) is 1. The molecule has 0 bridgehead atoms. The van der Waals surface area contributed by atoms with Crippen LogP contribution >= 0.6 is 23.2 Å². The minimum atomic E-state index is -4.98. The lowest BCUT2D eigenvalue weighted by atomic mass is 10.2. The van der Waals surface area contributed by atoms with Crippen LogP contribution in [0.3, 0.4) is 0 Å². The third-order valence-electron chi connectivity index (χ3n) is 6.18. The van der Waals surface area contributed by atoms with Crippen molar-refractivity contribution in [2.24, 2.45) is 0 Å². The van der Waals surface area contributed by atoms with Gasteiger partial charge in [0.25, 0.3) is 0 Å². The Morgan fingerprint density at radius 3 is 2.32 bits per heavy atom. The predicted molar refractivity (Wildman–Crippen MR) is 157 cm³/mol. The zero-order valence-electron chi connectivity index (χ0n) is 24.1. The Labute approximate surface area is 260 Å². The Bertz CT molecular complexity index is 1680. The van der Waals surface area contributed by atoms with Gasteiger partial charge in [-0.2, -0.15) is 13.2 Å². The molecule has 11 nitrogen and oxygen atoms in total. The summed E-state index contributed by atoms with van der Waals surface area (Å²) >= 11 is 12.4. The molecule has 0 fully saturated rings. The highest BCUT2D eigenvalue weighted by molar-refractivity contribution is 6.32. The molecular weight excluding hydrogens is 626 g/mol. The van der Waals surface area contributed by atoms with E-state index in [-0.39, 0.29) is 36.5 Å². The van der Waals surface area contributed by atoms with Gasteiger partial charge < -0.3 is 15.2 Å². The van der Waals surface area contributed by atoms with E-state index in [1.807, 2.05) is 20.8 Å². The maximum atomic E-state index is 13.4. The van der Waals surface area contributed by atoms with Gasteiger partial charge in [0, 0.05) is 17.5 Å². The summed E-state index contributed by atoms with van der Waals surface area (Å²) in [5.74, 6) is -0.230. The van der Waals surface area contributed by atoms with Crippen molar-refractivity contribution in [3.63, 3.8) is 0 Å². The lowest BCUT2D eigenvalue weighted by molar-refractivity contribution is -0.207. The number of para-hydroxylation sites is 1. The summed E-state index contributed by atoms with van der Waals surface area (Å²) in [5, 5.41) is 22.1. The topological polar surface area (TPSA) is 129 Å². The van der Waals surface area contributed by atoms with Crippen molar-refractivity contribution in [3.8, 4) is 17.1 Å². The van der Waals surface area contributed by atoms with Gasteiger partial charge in [0.05, 0.1) is 29.5 Å². The molecule has 2 aromatic carbocycles. The summed E-state index contributed by atoms with van der Waals surface area (Å²) in [7, 11) is 0. The number of aromatic nitrogens is 6. The summed E-state index contributed by atoms with van der Waals surface area (Å²) in [6, 6.07) is 11.9. The van der Waals surface area contributed by atoms with Crippen molar-refractivity contribution < 1.29 is 27.8 Å². The van der Waals surface area contributed by atoms with Crippen LogP contribution in [0.15, 0.2) is 53.3 Å². The molecule has 0 aliphatic heterocycles. The SMILES string of the molecule is CC(=O)N[C@@H](COC(C)(C)C)c1nc(Cn2nc(-c3ccc(Cl)cc3)n(C[C@H](O)C(F)(F)F)c2=O)nn1-c1ccccc1Cl. The molecule has 2 heterocycles. The summed E-state index contributed by atoms with van der Waals surface area (Å²) in [6.45, 7) is 5.42. The third kappa shape index (κ3) is 8.05. The van der Waals surface area contributed by atoms with Crippen molar-refractivity contribution in [3.05, 3.63) is 80.7 Å². The number of aliphatic hydroxyl groups is 1. The number of rotatable bonds is 10. The molecule has 4 aromatic rings. The first-order chi connectivity index (χ1) is 20.5. The van der Waals surface area contributed by atoms with Crippen LogP contribution in [0.2, 0.25) is 10.0 Å². The van der Waals surface area contributed by atoms with Crippen LogP contribution in [0.5, 0.6) is 0 Å². The number of ether oxygens (including phenoxy) is 1. The largest absolute Gasteiger partial charge is 0.416 e. The molecule has 0 aliphatic rings. The second-order valence-corrected chi connectivity index (χ2v) is 11.7. The number of alkyl halides is 3. The summed E-state index contributed by atoms with van der Waals surface area (Å²) < 4.78 is 48.8. The van der Waals surface area contributed by atoms with Gasteiger partial charge in [0.2, 0.25) is 5.91 Å². The number of carbonyl (C=O) groups is 1. The fourth-order valence-corrected chi connectivity index (χ4v) is 4.49. The molecule has 4 rings (SSSR count). The second kappa shape index (κ2) is 13.1. The summed E-state index contributed by atoms with van der Waals surface area (Å²) in [4.78, 5) is 30.1. The van der Waals surface area contributed by atoms with Crippen LogP contribution in [0.4, 0.5) is 13.2 Å². The van der Waals surface area contributed by atoms with E-state index in [2.05, 4.69) is 20.5 Å². The Morgan fingerprint density at radius 1 is 1.07 bits per heavy atom. The molecule has 2 atom stereocenters. The lowest BCUT2D eigenvalue weighted by Gasteiger charge is -2.24. The maximum Gasteiger partial charge on any atom is 0.416 e. The fourth-order valence-electron chi connectivity index (χ4n) is 4.15. The molecular formula is C28H30Cl2F3N7O4. The van der Waals surface area contributed by atoms with Gasteiger partial charge >= 0.3 is 11.9 Å². The quantitative estimate of drug-likeness (QED) is 0.256. The Morgan fingerprint density at radius 2 is 1.73 bits per heavy atom. The first kappa shape index (κ1) is 33.2. The van der Waals surface area contributed by atoms with E-state index in [0.717, 1.165) is 9.25 Å². The van der Waals surface area contributed by atoms with E-state index in [1.54, 1.807) is 24.3 Å². The number of amides is 1. The molecule has 0 radical (unpaired) electrons. The molecule has 2 aromatic heterocycles. The summed E-state index contributed by atoms with van der Waals surface area (Å²) in [5.41, 5.74) is -0.793. The first-order valence-corrected chi connectivity index (χ1v) is 14.1. The molecule has 0 saturated heterocycles. The van der Waals surface area contributed by atoms with E-state index >= 15 is 0 Å². The molecule has 1 amide bonds. The van der Waals surface area contributed by atoms with Gasteiger partial charge in [-0.1, -0.05) is 35.3 Å². The maximum absolute atomic E-state index is 13.4. The van der Waals surface area contributed by atoms with Crippen LogP contribution < -0.4 is 11.0 Å². The molecule has 0 unspecified atom stereocenters. The average Bonchev–Trinajstić information content (AvgIpc) is 3.47. The third-order valence-corrected chi connectivity index (χ3v) is 6.75. The van der Waals surface area contributed by atoms with E-state index < -0.39 is 36.2 Å². The summed E-state index contributed by atoms with van der Waals surface area (Å²) in [6.07, 6.45) is -7.80. The van der Waals surface area contributed by atoms with Crippen molar-refractivity contribution in [2.45, 2.75) is 64.7 Å². The monoisotopic (exact) mass is 655 g/mol. The highest BCUT2D eigenvalue weighted by Crippen LogP contribution is 2.26. The van der Waals surface area contributed by atoms with Crippen molar-refractivity contribution in [1.82, 2.24) is 34.4 Å². The number of benzene rings is 2. The zero-order chi connectivity index (χ0) is 32.4. The van der Waals surface area contributed by atoms with Crippen LogP contribution in [-0.2, 0) is 22.6 Å². The van der Waals surface area contributed by atoms with E-state index in [1.165, 1.54) is 35.9 Å².